The molecule has 0 saturated carbocycles. The van der Waals surface area contributed by atoms with E-state index in [2.05, 4.69) is 10.0 Å². The van der Waals surface area contributed by atoms with Gasteiger partial charge < -0.3 is 19.3 Å². The van der Waals surface area contributed by atoms with E-state index >= 15 is 0 Å². The molecule has 0 spiro atoms. The third kappa shape index (κ3) is 5.48. The number of fused-ring (bicyclic) bond motifs is 2. The molecule has 0 radical (unpaired) electrons. The van der Waals surface area contributed by atoms with Crippen molar-refractivity contribution in [2.24, 2.45) is 5.11 Å². The number of carbonyl (C=O) groups excluding carboxylic acids is 1. The van der Waals surface area contributed by atoms with Gasteiger partial charge >= 0.3 is 5.97 Å². The van der Waals surface area contributed by atoms with Crippen LogP contribution in [-0.2, 0) is 9.53 Å². The Kier molecular flexibility index (Phi) is 7.59. The van der Waals surface area contributed by atoms with Crippen LogP contribution in [0.3, 0.4) is 0 Å². The highest BCUT2D eigenvalue weighted by molar-refractivity contribution is 5.89. The lowest BCUT2D eigenvalue weighted by atomic mass is 10.0. The van der Waals surface area contributed by atoms with Crippen LogP contribution in [-0.4, -0.2) is 23.7 Å². The minimum Gasteiger partial charge on any atom is -0.466 e. The van der Waals surface area contributed by atoms with Crippen molar-refractivity contribution < 1.29 is 24.1 Å². The number of hydrogen-bond acceptors (Lipinski definition) is 6. The maximum atomic E-state index is 12.4. The SMILES string of the molecule is CCOC(=O)C(N=[N+]=[N-])C(O)c1ccc(Oc2cccc3ccccc23)c(Oc2cccc3ccccc23)c1. The van der Waals surface area contributed by atoms with E-state index in [4.69, 9.17) is 19.7 Å². The summed E-state index contributed by atoms with van der Waals surface area (Å²) in [4.78, 5) is 15.1. The summed E-state index contributed by atoms with van der Waals surface area (Å²) in [6.45, 7) is 1.71. The first-order chi connectivity index (χ1) is 19.1. The number of azide groups is 1. The Morgan fingerprint density at radius 3 is 1.95 bits per heavy atom. The van der Waals surface area contributed by atoms with Gasteiger partial charge in [0.2, 0.25) is 0 Å². The van der Waals surface area contributed by atoms with Gasteiger partial charge in [-0.1, -0.05) is 84.0 Å². The van der Waals surface area contributed by atoms with E-state index in [1.165, 1.54) is 0 Å². The third-order valence-corrected chi connectivity index (χ3v) is 6.25. The quantitative estimate of drug-likeness (QED) is 0.0921. The van der Waals surface area contributed by atoms with E-state index in [0.29, 0.717) is 28.6 Å². The molecule has 8 nitrogen and oxygen atoms in total. The molecule has 5 aromatic carbocycles. The Balaban J connectivity index is 1.59. The van der Waals surface area contributed by atoms with E-state index in [1.54, 1.807) is 25.1 Å². The predicted octanol–water partition coefficient (Wildman–Crippen LogP) is 7.85. The summed E-state index contributed by atoms with van der Waals surface area (Å²) in [5.74, 6) is 1.09. The zero-order valence-corrected chi connectivity index (χ0v) is 21.1. The first kappa shape index (κ1) is 25.6. The smallest absolute Gasteiger partial charge is 0.317 e. The zero-order chi connectivity index (χ0) is 27.2. The lowest BCUT2D eigenvalue weighted by Gasteiger charge is -2.20. The molecule has 0 bridgehead atoms. The van der Waals surface area contributed by atoms with Gasteiger partial charge in [-0.25, -0.2) is 0 Å². The van der Waals surface area contributed by atoms with Crippen LogP contribution in [0.1, 0.15) is 18.6 Å². The van der Waals surface area contributed by atoms with E-state index in [1.807, 2.05) is 84.9 Å². The topological polar surface area (TPSA) is 114 Å². The molecule has 1 N–H and O–H groups in total. The van der Waals surface area contributed by atoms with Gasteiger partial charge in [0.25, 0.3) is 0 Å². The summed E-state index contributed by atoms with van der Waals surface area (Å²) in [5.41, 5.74) is 9.28. The third-order valence-electron chi connectivity index (χ3n) is 6.25. The molecule has 2 atom stereocenters. The molecule has 0 saturated heterocycles. The fourth-order valence-electron chi connectivity index (χ4n) is 4.38. The molecule has 0 fully saturated rings. The van der Waals surface area contributed by atoms with Crippen molar-refractivity contribution in [3.63, 3.8) is 0 Å². The second kappa shape index (κ2) is 11.6. The van der Waals surface area contributed by atoms with Crippen molar-refractivity contribution in [1.82, 2.24) is 0 Å². The highest BCUT2D eigenvalue weighted by Gasteiger charge is 2.29. The van der Waals surface area contributed by atoms with Crippen molar-refractivity contribution in [2.45, 2.75) is 19.1 Å². The molecule has 0 aliphatic heterocycles. The lowest BCUT2D eigenvalue weighted by molar-refractivity contribution is -0.147. The molecule has 39 heavy (non-hydrogen) atoms. The number of rotatable bonds is 9. The summed E-state index contributed by atoms with van der Waals surface area (Å²) in [7, 11) is 0. The summed E-state index contributed by atoms with van der Waals surface area (Å²) < 4.78 is 17.7. The summed E-state index contributed by atoms with van der Waals surface area (Å²) in [5, 5.41) is 18.3. The van der Waals surface area contributed by atoms with Gasteiger partial charge in [0.15, 0.2) is 17.5 Å². The van der Waals surface area contributed by atoms with Gasteiger partial charge in [-0.15, -0.1) is 0 Å². The Bertz CT molecular complexity index is 1690. The molecular weight excluding hydrogens is 494 g/mol. The fourth-order valence-corrected chi connectivity index (χ4v) is 4.38. The van der Waals surface area contributed by atoms with Crippen molar-refractivity contribution in [2.75, 3.05) is 6.61 Å². The van der Waals surface area contributed by atoms with Crippen LogP contribution < -0.4 is 9.47 Å². The van der Waals surface area contributed by atoms with Crippen molar-refractivity contribution in [3.05, 3.63) is 119 Å². The molecule has 5 aromatic rings. The summed E-state index contributed by atoms with van der Waals surface area (Å²) in [6.07, 6.45) is -1.47. The minimum absolute atomic E-state index is 0.0796. The minimum atomic E-state index is -1.47. The van der Waals surface area contributed by atoms with E-state index in [9.17, 15) is 9.90 Å². The molecule has 0 heterocycles. The van der Waals surface area contributed by atoms with Gasteiger partial charge in [0.1, 0.15) is 11.5 Å². The van der Waals surface area contributed by atoms with Gasteiger partial charge in [-0.3, -0.25) is 4.79 Å². The van der Waals surface area contributed by atoms with Gasteiger partial charge in [0, 0.05) is 15.7 Å². The molecule has 2 unspecified atom stereocenters. The Hall–Kier alpha value is -5.04. The fraction of sp³-hybridized carbons (Fsp3) is 0.129. The Morgan fingerprint density at radius 2 is 1.36 bits per heavy atom. The molecule has 8 heteroatoms. The molecule has 194 valence electrons. The highest BCUT2D eigenvalue weighted by atomic mass is 16.5. The second-order valence-corrected chi connectivity index (χ2v) is 8.71. The number of aliphatic hydroxyl groups excluding tert-OH is 1. The molecule has 0 aliphatic rings. The normalized spacial score (nSPS) is 12.4. The van der Waals surface area contributed by atoms with Gasteiger partial charge in [-0.05, 0) is 53.1 Å². The first-order valence-corrected chi connectivity index (χ1v) is 12.4. The van der Waals surface area contributed by atoms with E-state index in [-0.39, 0.29) is 6.61 Å². The van der Waals surface area contributed by atoms with Gasteiger partial charge in [-0.2, -0.15) is 0 Å². The monoisotopic (exact) mass is 519 g/mol. The number of aliphatic hydroxyl groups is 1. The largest absolute Gasteiger partial charge is 0.466 e. The number of ether oxygens (including phenoxy) is 3. The number of benzene rings is 5. The van der Waals surface area contributed by atoms with E-state index < -0.39 is 18.1 Å². The van der Waals surface area contributed by atoms with Crippen LogP contribution in [0.5, 0.6) is 23.0 Å². The van der Waals surface area contributed by atoms with Gasteiger partial charge in [0.05, 0.1) is 12.7 Å². The summed E-state index contributed by atoms with van der Waals surface area (Å²) >= 11 is 0. The maximum Gasteiger partial charge on any atom is 0.317 e. The number of hydrogen-bond donors (Lipinski definition) is 1. The second-order valence-electron chi connectivity index (χ2n) is 8.71. The maximum absolute atomic E-state index is 12.4. The average Bonchev–Trinajstić information content (AvgIpc) is 2.97. The van der Waals surface area contributed by atoms with Crippen LogP contribution in [0.2, 0.25) is 0 Å². The van der Waals surface area contributed by atoms with Crippen molar-refractivity contribution in [3.8, 4) is 23.0 Å². The van der Waals surface area contributed by atoms with Crippen LogP contribution in [0.25, 0.3) is 32.0 Å². The zero-order valence-electron chi connectivity index (χ0n) is 21.1. The van der Waals surface area contributed by atoms with Crippen LogP contribution in [0.4, 0.5) is 0 Å². The number of nitrogens with zero attached hydrogens (tertiary/aromatic N) is 3. The molecule has 5 rings (SSSR count). The highest BCUT2D eigenvalue weighted by Crippen LogP contribution is 2.41. The number of esters is 1. The molecular formula is C31H25N3O5. The number of carbonyl (C=O) groups is 1. The molecule has 0 aliphatic carbocycles. The lowest BCUT2D eigenvalue weighted by Crippen LogP contribution is -2.28. The standard InChI is InChI=1S/C31H25N3O5/c1-2-37-31(36)29(33-34-32)30(35)22-17-18-27(38-25-15-7-11-20-9-3-5-13-23(20)25)28(19-22)39-26-16-8-12-21-10-4-6-14-24(21)26/h3-19,29-30,35H,2H2,1H3. The first-order valence-electron chi connectivity index (χ1n) is 12.4. The molecule has 0 aromatic heterocycles. The van der Waals surface area contributed by atoms with Crippen LogP contribution in [0.15, 0.2) is 108 Å². The van der Waals surface area contributed by atoms with Crippen molar-refractivity contribution in [1.29, 1.82) is 0 Å². The predicted molar refractivity (Wildman–Crippen MR) is 149 cm³/mol. The molecule has 0 amide bonds. The average molecular weight is 520 g/mol. The van der Waals surface area contributed by atoms with Crippen LogP contribution >= 0.6 is 0 Å². The van der Waals surface area contributed by atoms with E-state index in [0.717, 1.165) is 21.5 Å². The summed E-state index contributed by atoms with van der Waals surface area (Å²) in [6, 6.07) is 30.5. The van der Waals surface area contributed by atoms with Crippen LogP contribution in [0, 0.1) is 0 Å². The Morgan fingerprint density at radius 1 is 0.795 bits per heavy atom. The Labute approximate surface area is 224 Å². The van der Waals surface area contributed by atoms with Crippen molar-refractivity contribution >= 4 is 27.5 Å².